The summed E-state index contributed by atoms with van der Waals surface area (Å²) in [6.45, 7) is -2.14. The Labute approximate surface area is 266 Å². The zero-order chi connectivity index (χ0) is 33.1. The Hall–Kier alpha value is -3.48. The minimum Gasteiger partial charge on any atom is -0.284 e. The fourth-order valence-electron chi connectivity index (χ4n) is 6.39. The van der Waals surface area contributed by atoms with Crippen molar-refractivity contribution < 1.29 is 51.1 Å². The Bertz CT molecular complexity index is 2030. The van der Waals surface area contributed by atoms with Crippen molar-refractivity contribution in [2.75, 3.05) is 13.2 Å². The minimum absolute atomic E-state index is 0.311. The molecule has 0 heterocycles. The van der Waals surface area contributed by atoms with E-state index in [1.54, 1.807) is 72.8 Å². The lowest BCUT2D eigenvalue weighted by molar-refractivity contribution is 0.222. The summed E-state index contributed by atoms with van der Waals surface area (Å²) in [5.41, 5.74) is 3.49. The number of hydrogen-bond donors (Lipinski definition) is 2. The van der Waals surface area contributed by atoms with E-state index in [4.69, 9.17) is 8.37 Å². The van der Waals surface area contributed by atoms with Gasteiger partial charge < -0.3 is 0 Å². The molecule has 0 amide bonds. The summed E-state index contributed by atoms with van der Waals surface area (Å²) in [4.78, 5) is 0. The van der Waals surface area contributed by atoms with Gasteiger partial charge in [0.15, 0.2) is 0 Å². The topological polar surface area (TPSA) is 195 Å². The molecule has 2 aliphatic carbocycles. The molecule has 0 radical (unpaired) electrons. The number of hydrogen-bond acceptors (Lipinski definition) is 10. The maximum Gasteiger partial charge on any atom is 0.288 e. The van der Waals surface area contributed by atoms with Crippen molar-refractivity contribution >= 4 is 40.5 Å². The van der Waals surface area contributed by atoms with Gasteiger partial charge in [0.05, 0.1) is 13.2 Å². The van der Waals surface area contributed by atoms with E-state index in [9.17, 15) is 42.8 Å². The van der Waals surface area contributed by atoms with E-state index in [0.29, 0.717) is 44.5 Å². The van der Waals surface area contributed by atoms with Gasteiger partial charge in [-0.15, -0.1) is 0 Å². The highest BCUT2D eigenvalue weighted by molar-refractivity contribution is 8.05. The molecule has 12 nitrogen and oxygen atoms in total. The van der Waals surface area contributed by atoms with Gasteiger partial charge in [0.2, 0.25) is 9.16 Å². The van der Waals surface area contributed by atoms with Crippen LogP contribution < -0.4 is 0 Å². The van der Waals surface area contributed by atoms with Crippen LogP contribution in [0.5, 0.6) is 0 Å². The lowest BCUT2D eigenvalue weighted by atomic mass is 9.99. The Morgan fingerprint density at radius 1 is 0.457 bits per heavy atom. The molecule has 0 aliphatic heterocycles. The van der Waals surface area contributed by atoms with Crippen LogP contribution in [0.3, 0.4) is 0 Å². The van der Waals surface area contributed by atoms with Crippen LogP contribution in [0.1, 0.15) is 34.1 Å². The molecule has 2 atom stereocenters. The average molecular weight is 707 g/mol. The highest BCUT2D eigenvalue weighted by Crippen LogP contribution is 2.50. The molecular weight excluding hydrogens is 681 g/mol. The number of benzene rings is 4. The molecule has 0 bridgehead atoms. The van der Waals surface area contributed by atoms with Crippen LogP contribution in [0.2, 0.25) is 0 Å². The van der Waals surface area contributed by atoms with Crippen LogP contribution in [0.4, 0.5) is 0 Å². The fourth-order valence-corrected chi connectivity index (χ4v) is 12.5. The monoisotopic (exact) mass is 706 g/mol. The van der Waals surface area contributed by atoms with Crippen molar-refractivity contribution in [2.45, 2.75) is 21.0 Å². The molecule has 0 saturated carbocycles. The van der Waals surface area contributed by atoms with E-state index in [-0.39, 0.29) is 0 Å². The van der Waals surface area contributed by atoms with Gasteiger partial charge in [-0.05, 0) is 44.5 Å². The van der Waals surface area contributed by atoms with Crippen LogP contribution in [0, 0.1) is 0 Å². The van der Waals surface area contributed by atoms with Crippen molar-refractivity contribution in [3.05, 3.63) is 119 Å². The molecule has 2 N–H and O–H groups in total. The smallest absolute Gasteiger partial charge is 0.284 e. The van der Waals surface area contributed by atoms with Crippen LogP contribution in [-0.2, 0) is 48.8 Å². The van der Waals surface area contributed by atoms with Gasteiger partial charge in [0.1, 0.15) is 0 Å². The first-order valence-electron chi connectivity index (χ1n) is 13.7. The second kappa shape index (κ2) is 11.6. The maximum atomic E-state index is 13.4. The van der Waals surface area contributed by atoms with Gasteiger partial charge in [0.25, 0.3) is 40.5 Å². The first-order chi connectivity index (χ1) is 21.6. The molecule has 2 unspecified atom stereocenters. The van der Waals surface area contributed by atoms with Crippen LogP contribution in [0.15, 0.2) is 97.1 Å². The lowest BCUT2D eigenvalue weighted by Gasteiger charge is -2.24. The van der Waals surface area contributed by atoms with Crippen molar-refractivity contribution in [1.82, 2.24) is 0 Å². The van der Waals surface area contributed by atoms with Gasteiger partial charge in [-0.3, -0.25) is 17.5 Å². The first kappa shape index (κ1) is 32.5. The largest absolute Gasteiger partial charge is 0.288 e. The molecule has 0 spiro atoms. The van der Waals surface area contributed by atoms with E-state index in [1.807, 2.05) is 0 Å². The van der Waals surface area contributed by atoms with Crippen molar-refractivity contribution in [3.63, 3.8) is 0 Å². The molecule has 0 aromatic heterocycles. The van der Waals surface area contributed by atoms with E-state index < -0.39 is 74.7 Å². The molecule has 242 valence electrons. The van der Waals surface area contributed by atoms with E-state index in [0.717, 1.165) is 0 Å². The summed E-state index contributed by atoms with van der Waals surface area (Å²) in [5, 5.41) is 0. The normalized spacial score (nSPS) is 16.3. The average Bonchev–Trinajstić information content (AvgIpc) is 3.47. The molecule has 0 fully saturated rings. The second-order valence-corrected chi connectivity index (χ2v) is 17.8. The fraction of sp³-hybridized carbons (Fsp3) is 0.200. The maximum absolute atomic E-state index is 13.4. The molecular formula is C30H26O12S4. The van der Waals surface area contributed by atoms with Gasteiger partial charge in [-0.1, -0.05) is 97.1 Å². The second-order valence-electron chi connectivity index (χ2n) is 10.7. The molecule has 4 aromatic rings. The zero-order valence-electron chi connectivity index (χ0n) is 23.6. The van der Waals surface area contributed by atoms with E-state index >= 15 is 0 Å². The van der Waals surface area contributed by atoms with Crippen LogP contribution in [-0.4, -0.2) is 65.2 Å². The summed E-state index contributed by atoms with van der Waals surface area (Å²) < 4.78 is 129. The van der Waals surface area contributed by atoms with Crippen LogP contribution >= 0.6 is 0 Å². The highest BCUT2D eigenvalue weighted by atomic mass is 32.3. The minimum atomic E-state index is -5.34. The predicted octanol–water partition coefficient (Wildman–Crippen LogP) is 3.73. The Kier molecular flexibility index (Phi) is 8.22. The van der Waals surface area contributed by atoms with Crippen molar-refractivity contribution in [1.29, 1.82) is 0 Å². The Morgan fingerprint density at radius 2 is 0.696 bits per heavy atom. The third-order valence-electron chi connectivity index (χ3n) is 8.04. The summed E-state index contributed by atoms with van der Waals surface area (Å²) in [6, 6.07) is 25.9. The van der Waals surface area contributed by atoms with E-state index in [2.05, 4.69) is 0 Å². The van der Waals surface area contributed by atoms with Gasteiger partial charge in [-0.25, -0.2) is 0 Å². The third-order valence-corrected chi connectivity index (χ3v) is 15.3. The quantitative estimate of drug-likeness (QED) is 0.131. The number of rotatable bonds is 11. The molecule has 16 heteroatoms. The lowest BCUT2D eigenvalue weighted by Crippen LogP contribution is -2.39. The van der Waals surface area contributed by atoms with Gasteiger partial charge in [0, 0.05) is 11.8 Å². The van der Waals surface area contributed by atoms with Gasteiger partial charge in [-0.2, -0.15) is 33.7 Å². The third kappa shape index (κ3) is 5.68. The summed E-state index contributed by atoms with van der Waals surface area (Å²) in [6.07, 6.45) is 0. The Morgan fingerprint density at radius 3 is 0.935 bits per heavy atom. The molecule has 6 rings (SSSR count). The molecule has 4 aromatic carbocycles. The SMILES string of the molecule is O=S(=O)(O)C(C1c2ccccc2-c2ccccc21)S(=O)(=O)OCCOS(=O)(=O)C(C1c2ccccc2-c2ccccc21)S(=O)(=O)O. The van der Waals surface area contributed by atoms with Crippen molar-refractivity contribution in [3.8, 4) is 22.3 Å². The van der Waals surface area contributed by atoms with Crippen LogP contribution in [0.25, 0.3) is 22.3 Å². The van der Waals surface area contributed by atoms with E-state index in [1.165, 1.54) is 24.3 Å². The Balaban J connectivity index is 1.26. The highest BCUT2D eigenvalue weighted by Gasteiger charge is 2.51. The summed E-state index contributed by atoms with van der Waals surface area (Å²) in [5.74, 6) is -2.77. The first-order valence-corrected chi connectivity index (χ1v) is 19.6. The van der Waals surface area contributed by atoms with Crippen molar-refractivity contribution in [2.24, 2.45) is 0 Å². The summed E-state index contributed by atoms with van der Waals surface area (Å²) in [7, 11) is -21.1. The molecule has 2 aliphatic rings. The molecule has 0 saturated heterocycles. The molecule has 46 heavy (non-hydrogen) atoms. The van der Waals surface area contributed by atoms with Gasteiger partial charge >= 0.3 is 0 Å². The predicted molar refractivity (Wildman–Crippen MR) is 168 cm³/mol. The standard InChI is InChI=1S/C30H26O12S4/c31-43(32,33)29(27-23-13-5-1-9-19(23)20-10-2-6-14-24(20)27)45(37,38)41-17-18-42-46(39,40)30(44(34,35)36)28-25-15-7-3-11-21(25)22-12-4-8-16-26(22)28/h1-16,27-30H,17-18H2,(H,31,32,33)(H,34,35,36). The zero-order valence-corrected chi connectivity index (χ0v) is 26.8. The summed E-state index contributed by atoms with van der Waals surface area (Å²) >= 11 is 0. The number of fused-ring (bicyclic) bond motifs is 6.